The normalized spacial score (nSPS) is 23.7. The number of carbonyl (C=O) groups is 1. The van der Waals surface area contributed by atoms with Gasteiger partial charge in [-0.05, 0) is 12.3 Å². The van der Waals surface area contributed by atoms with E-state index in [-0.39, 0.29) is 5.91 Å². The molecule has 11 heavy (non-hydrogen) atoms. The molecular formula is C9H17NO. The van der Waals surface area contributed by atoms with Crippen LogP contribution in [-0.4, -0.2) is 12.5 Å². The molecule has 0 aliphatic carbocycles. The first-order chi connectivity index (χ1) is 5.33. The second-order valence-corrected chi connectivity index (χ2v) is 3.37. The topological polar surface area (TPSA) is 29.1 Å². The van der Waals surface area contributed by atoms with Gasteiger partial charge in [0.1, 0.15) is 0 Å². The average molecular weight is 155 g/mol. The molecule has 64 valence electrons. The third-order valence-corrected chi connectivity index (χ3v) is 2.28. The van der Waals surface area contributed by atoms with Crippen LogP contribution in [0.3, 0.4) is 0 Å². The Kier molecular flexibility index (Phi) is 3.40. The molecule has 0 aromatic carbocycles. The van der Waals surface area contributed by atoms with Crippen LogP contribution < -0.4 is 5.32 Å². The minimum atomic E-state index is 0.242. The zero-order chi connectivity index (χ0) is 8.10. The summed E-state index contributed by atoms with van der Waals surface area (Å²) in [5, 5.41) is 2.86. The van der Waals surface area contributed by atoms with Crippen molar-refractivity contribution in [3.05, 3.63) is 0 Å². The lowest BCUT2D eigenvalue weighted by Crippen LogP contribution is -2.13. The van der Waals surface area contributed by atoms with E-state index in [0.717, 1.165) is 13.0 Å². The van der Waals surface area contributed by atoms with Gasteiger partial charge in [0.25, 0.3) is 0 Å². The van der Waals surface area contributed by atoms with Crippen molar-refractivity contribution in [2.75, 3.05) is 6.54 Å². The van der Waals surface area contributed by atoms with Crippen LogP contribution in [0.15, 0.2) is 0 Å². The maximum Gasteiger partial charge on any atom is 0.220 e. The quantitative estimate of drug-likeness (QED) is 0.615. The van der Waals surface area contributed by atoms with Gasteiger partial charge in [-0.1, -0.05) is 26.2 Å². The monoisotopic (exact) mass is 155 g/mol. The zero-order valence-electron chi connectivity index (χ0n) is 7.23. The molecule has 0 aromatic heterocycles. The molecule has 2 heteroatoms. The van der Waals surface area contributed by atoms with Crippen molar-refractivity contribution >= 4 is 5.91 Å². The van der Waals surface area contributed by atoms with Gasteiger partial charge in [-0.15, -0.1) is 0 Å². The van der Waals surface area contributed by atoms with Crippen molar-refractivity contribution in [3.8, 4) is 0 Å². The van der Waals surface area contributed by atoms with E-state index in [4.69, 9.17) is 0 Å². The molecule has 1 rings (SSSR count). The van der Waals surface area contributed by atoms with Crippen molar-refractivity contribution in [3.63, 3.8) is 0 Å². The van der Waals surface area contributed by atoms with Gasteiger partial charge in [0.05, 0.1) is 0 Å². The van der Waals surface area contributed by atoms with Crippen LogP contribution in [0, 0.1) is 5.92 Å². The molecule has 1 unspecified atom stereocenters. The number of rotatable bonds is 4. The fraction of sp³-hybridized carbons (Fsp3) is 0.889. The predicted octanol–water partition coefficient (Wildman–Crippen LogP) is 1.70. The summed E-state index contributed by atoms with van der Waals surface area (Å²) >= 11 is 0. The minimum Gasteiger partial charge on any atom is -0.356 e. The summed E-state index contributed by atoms with van der Waals surface area (Å²) in [5.74, 6) is 0.876. The van der Waals surface area contributed by atoms with Crippen molar-refractivity contribution in [1.29, 1.82) is 0 Å². The van der Waals surface area contributed by atoms with Gasteiger partial charge >= 0.3 is 0 Å². The molecule has 0 saturated carbocycles. The maximum absolute atomic E-state index is 10.8. The zero-order valence-corrected chi connectivity index (χ0v) is 7.23. The molecule has 1 fully saturated rings. The first-order valence-electron chi connectivity index (χ1n) is 4.59. The highest BCUT2D eigenvalue weighted by molar-refractivity contribution is 5.78. The van der Waals surface area contributed by atoms with Crippen LogP contribution in [0.2, 0.25) is 0 Å². The summed E-state index contributed by atoms with van der Waals surface area (Å²) in [7, 11) is 0. The summed E-state index contributed by atoms with van der Waals surface area (Å²) in [6, 6.07) is 0. The fourth-order valence-electron chi connectivity index (χ4n) is 1.55. The maximum atomic E-state index is 10.8. The molecular weight excluding hydrogens is 138 g/mol. The largest absolute Gasteiger partial charge is 0.356 e. The average Bonchev–Trinajstić information content (AvgIpc) is 2.37. The Morgan fingerprint density at radius 2 is 2.36 bits per heavy atom. The Hall–Kier alpha value is -0.530. The van der Waals surface area contributed by atoms with E-state index in [1.54, 1.807) is 0 Å². The Morgan fingerprint density at radius 1 is 1.55 bits per heavy atom. The molecule has 0 aromatic rings. The van der Waals surface area contributed by atoms with E-state index in [0.29, 0.717) is 5.92 Å². The number of hydrogen-bond donors (Lipinski definition) is 1. The van der Waals surface area contributed by atoms with Gasteiger partial charge < -0.3 is 5.32 Å². The van der Waals surface area contributed by atoms with E-state index in [1.807, 2.05) is 0 Å². The van der Waals surface area contributed by atoms with Gasteiger partial charge in [0.15, 0.2) is 0 Å². The highest BCUT2D eigenvalue weighted by Gasteiger charge is 2.20. The Bertz CT molecular complexity index is 134. The molecule has 1 N–H and O–H groups in total. The summed E-state index contributed by atoms with van der Waals surface area (Å²) in [6.45, 7) is 3.13. The smallest absolute Gasteiger partial charge is 0.220 e. The number of amides is 1. The van der Waals surface area contributed by atoms with Crippen molar-refractivity contribution < 1.29 is 4.79 Å². The number of unbranched alkanes of at least 4 members (excludes halogenated alkanes) is 2. The second kappa shape index (κ2) is 4.37. The van der Waals surface area contributed by atoms with Crippen molar-refractivity contribution in [1.82, 2.24) is 5.32 Å². The summed E-state index contributed by atoms with van der Waals surface area (Å²) in [5.41, 5.74) is 0. The van der Waals surface area contributed by atoms with Crippen LogP contribution in [0.25, 0.3) is 0 Å². The summed E-state index contributed by atoms with van der Waals surface area (Å²) < 4.78 is 0. The van der Waals surface area contributed by atoms with Gasteiger partial charge in [0, 0.05) is 13.0 Å². The molecule has 2 nitrogen and oxygen atoms in total. The van der Waals surface area contributed by atoms with Crippen LogP contribution in [0.4, 0.5) is 0 Å². The third-order valence-electron chi connectivity index (χ3n) is 2.28. The number of nitrogens with one attached hydrogen (secondary N) is 1. The van der Waals surface area contributed by atoms with Crippen molar-refractivity contribution in [2.45, 2.75) is 39.0 Å². The van der Waals surface area contributed by atoms with Crippen LogP contribution in [0.1, 0.15) is 39.0 Å². The lowest BCUT2D eigenvalue weighted by molar-refractivity contribution is -0.119. The highest BCUT2D eigenvalue weighted by Crippen LogP contribution is 2.16. The molecule has 0 radical (unpaired) electrons. The molecule has 1 saturated heterocycles. The summed E-state index contributed by atoms with van der Waals surface area (Å²) in [4.78, 5) is 10.8. The first-order valence-corrected chi connectivity index (χ1v) is 4.59. The Labute approximate surface area is 68.4 Å². The second-order valence-electron chi connectivity index (χ2n) is 3.37. The van der Waals surface area contributed by atoms with Crippen molar-refractivity contribution in [2.24, 2.45) is 5.92 Å². The highest BCUT2D eigenvalue weighted by atomic mass is 16.1. The van der Waals surface area contributed by atoms with E-state index >= 15 is 0 Å². The van der Waals surface area contributed by atoms with Crippen LogP contribution in [-0.2, 0) is 4.79 Å². The summed E-state index contributed by atoms with van der Waals surface area (Å²) in [6.07, 6.45) is 5.87. The van der Waals surface area contributed by atoms with E-state index < -0.39 is 0 Å². The van der Waals surface area contributed by atoms with E-state index in [1.165, 1.54) is 25.7 Å². The van der Waals surface area contributed by atoms with Gasteiger partial charge in [-0.3, -0.25) is 4.79 Å². The Balaban J connectivity index is 2.04. The predicted molar refractivity (Wildman–Crippen MR) is 45.3 cm³/mol. The molecule has 1 aliphatic rings. The molecule has 1 amide bonds. The SMILES string of the molecule is CCCCCC1CNC(=O)C1. The standard InChI is InChI=1S/C9H17NO/c1-2-3-4-5-8-6-9(11)10-7-8/h8H,2-7H2,1H3,(H,10,11). The lowest BCUT2D eigenvalue weighted by Gasteiger charge is -2.04. The molecule has 1 atom stereocenters. The first kappa shape index (κ1) is 8.57. The van der Waals surface area contributed by atoms with Gasteiger partial charge in [-0.25, -0.2) is 0 Å². The van der Waals surface area contributed by atoms with E-state index in [2.05, 4.69) is 12.2 Å². The third kappa shape index (κ3) is 2.91. The fourth-order valence-corrected chi connectivity index (χ4v) is 1.55. The number of carbonyl (C=O) groups excluding carboxylic acids is 1. The van der Waals surface area contributed by atoms with Crippen LogP contribution >= 0.6 is 0 Å². The molecule has 1 heterocycles. The van der Waals surface area contributed by atoms with E-state index in [9.17, 15) is 4.79 Å². The van der Waals surface area contributed by atoms with Crippen LogP contribution in [0.5, 0.6) is 0 Å². The number of hydrogen-bond acceptors (Lipinski definition) is 1. The molecule has 0 bridgehead atoms. The van der Waals surface area contributed by atoms with Gasteiger partial charge in [0.2, 0.25) is 5.91 Å². The minimum absolute atomic E-state index is 0.242. The molecule has 0 spiro atoms. The Morgan fingerprint density at radius 3 is 2.91 bits per heavy atom. The lowest BCUT2D eigenvalue weighted by atomic mass is 10.0. The molecule has 1 aliphatic heterocycles. The van der Waals surface area contributed by atoms with Gasteiger partial charge in [-0.2, -0.15) is 0 Å².